The maximum atomic E-state index is 12.2. The van der Waals surface area contributed by atoms with Gasteiger partial charge in [-0.25, -0.2) is 26.3 Å². The number of hydrogen-bond donors (Lipinski definition) is 5. The lowest BCUT2D eigenvalue weighted by Crippen LogP contribution is -2.53. The number of aliphatic hydroxyl groups is 2. The third-order valence-corrected chi connectivity index (χ3v) is 12.3. The van der Waals surface area contributed by atoms with E-state index in [9.17, 15) is 32.2 Å². The van der Waals surface area contributed by atoms with Crippen molar-refractivity contribution in [2.24, 2.45) is 0 Å². The number of nitriles is 1. The van der Waals surface area contributed by atoms with Crippen LogP contribution >= 0.6 is 0 Å². The van der Waals surface area contributed by atoms with Crippen LogP contribution in [0.3, 0.4) is 0 Å². The van der Waals surface area contributed by atoms with Gasteiger partial charge in [0.25, 0.3) is 0 Å². The molecule has 45 heavy (non-hydrogen) atoms. The number of nitrogens with zero attached hydrogens (tertiary/aromatic N) is 1. The van der Waals surface area contributed by atoms with Gasteiger partial charge in [0.2, 0.25) is 20.0 Å². The SMILES string of the molecule is CC(C)S(=O)(=O)NC1CCCCC1(O)c1ccc(O)cc1.CC(C)S(=O)(=O)NC1CCCCC1(O)c1ccc(OCC#N)cc1. The summed E-state index contributed by atoms with van der Waals surface area (Å²) in [5.41, 5.74) is -1.18. The molecule has 2 aliphatic carbocycles. The standard InChI is InChI=1S/C17H24N2O4S.C15H23NO4S/c1-13(2)24(21,22)19-16-5-3-4-10-17(16,20)14-6-8-15(9-7-14)23-12-11-18;1-11(2)21(19,20)16-14-5-3-4-10-15(14,18)12-6-8-13(17)9-7-12/h6-9,13,16,19-20H,3-5,10,12H2,1-2H3;6-9,11,14,16-18H,3-5,10H2,1-2H3. The molecule has 0 aliphatic heterocycles. The Morgan fingerprint density at radius 1 is 0.778 bits per heavy atom. The van der Waals surface area contributed by atoms with Gasteiger partial charge in [0.05, 0.1) is 22.6 Å². The van der Waals surface area contributed by atoms with Crippen molar-refractivity contribution in [3.8, 4) is 17.6 Å². The lowest BCUT2D eigenvalue weighted by atomic mass is 9.76. The fourth-order valence-corrected chi connectivity index (χ4v) is 7.65. The van der Waals surface area contributed by atoms with Crippen molar-refractivity contribution in [3.05, 3.63) is 59.7 Å². The maximum Gasteiger partial charge on any atom is 0.214 e. The molecule has 4 unspecified atom stereocenters. The van der Waals surface area contributed by atoms with E-state index in [0.29, 0.717) is 42.6 Å². The summed E-state index contributed by atoms with van der Waals surface area (Å²) >= 11 is 0. The molecular formula is C32H47N3O8S2. The Bertz CT molecular complexity index is 1510. The fraction of sp³-hybridized carbons (Fsp3) is 0.594. The molecule has 2 aliphatic rings. The Morgan fingerprint density at radius 2 is 1.18 bits per heavy atom. The van der Waals surface area contributed by atoms with Crippen molar-refractivity contribution in [1.82, 2.24) is 9.44 Å². The first-order chi connectivity index (χ1) is 21.0. The number of phenols is 1. The Balaban J connectivity index is 0.000000248. The first-order valence-corrected chi connectivity index (χ1v) is 18.5. The molecule has 0 amide bonds. The monoisotopic (exact) mass is 665 g/mol. The molecule has 0 spiro atoms. The summed E-state index contributed by atoms with van der Waals surface area (Å²) in [6.45, 7) is 6.42. The van der Waals surface area contributed by atoms with Crippen molar-refractivity contribution < 1.29 is 36.9 Å². The van der Waals surface area contributed by atoms with E-state index in [1.165, 1.54) is 12.1 Å². The average Bonchev–Trinajstić information content (AvgIpc) is 2.99. The lowest BCUT2D eigenvalue weighted by molar-refractivity contribution is -0.0251. The van der Waals surface area contributed by atoms with Crippen LogP contribution in [0.1, 0.15) is 90.2 Å². The van der Waals surface area contributed by atoms with E-state index in [4.69, 9.17) is 10.00 Å². The molecule has 11 nitrogen and oxygen atoms in total. The topological polar surface area (TPSA) is 186 Å². The Hall–Kier alpha value is -2.73. The van der Waals surface area contributed by atoms with Crippen LogP contribution in [0.2, 0.25) is 0 Å². The van der Waals surface area contributed by atoms with Crippen LogP contribution in [-0.4, -0.2) is 61.3 Å². The number of nitrogens with one attached hydrogen (secondary N) is 2. The maximum absolute atomic E-state index is 12.2. The number of hydrogen-bond acceptors (Lipinski definition) is 9. The van der Waals surface area contributed by atoms with E-state index >= 15 is 0 Å². The van der Waals surface area contributed by atoms with E-state index in [1.54, 1.807) is 64.1 Å². The summed E-state index contributed by atoms with van der Waals surface area (Å²) in [6, 6.07) is 14.0. The summed E-state index contributed by atoms with van der Waals surface area (Å²) in [5.74, 6) is 0.663. The second-order valence-electron chi connectivity index (χ2n) is 12.4. The molecule has 2 aromatic carbocycles. The second kappa shape index (κ2) is 15.2. The highest BCUT2D eigenvalue weighted by molar-refractivity contribution is 7.90. The predicted octanol–water partition coefficient (Wildman–Crippen LogP) is 3.90. The third-order valence-electron chi connectivity index (χ3n) is 8.63. The highest BCUT2D eigenvalue weighted by Crippen LogP contribution is 2.39. The number of rotatable bonds is 10. The van der Waals surface area contributed by atoms with Gasteiger partial charge in [0.1, 0.15) is 28.8 Å². The van der Waals surface area contributed by atoms with E-state index < -0.39 is 53.8 Å². The summed E-state index contributed by atoms with van der Waals surface area (Å²) < 4.78 is 59.2. The van der Waals surface area contributed by atoms with E-state index in [1.807, 2.05) is 6.07 Å². The Morgan fingerprint density at radius 3 is 1.56 bits per heavy atom. The molecule has 5 N–H and O–H groups in total. The number of ether oxygens (including phenoxy) is 1. The van der Waals surface area contributed by atoms with Crippen molar-refractivity contribution in [1.29, 1.82) is 5.26 Å². The summed E-state index contributed by atoms with van der Waals surface area (Å²) in [7, 11) is -6.91. The molecule has 4 rings (SSSR count). The van der Waals surface area contributed by atoms with Gasteiger partial charge in [-0.1, -0.05) is 49.9 Å². The van der Waals surface area contributed by atoms with Gasteiger partial charge in [-0.2, -0.15) is 5.26 Å². The molecule has 0 saturated heterocycles. The second-order valence-corrected chi connectivity index (χ2v) is 16.9. The number of aromatic hydroxyl groups is 1. The number of phenolic OH excluding ortho intramolecular Hbond substituents is 1. The number of benzene rings is 2. The smallest absolute Gasteiger partial charge is 0.214 e. The minimum atomic E-state index is -3.47. The highest BCUT2D eigenvalue weighted by atomic mass is 32.2. The largest absolute Gasteiger partial charge is 0.508 e. The first-order valence-electron chi connectivity index (χ1n) is 15.4. The van der Waals surface area contributed by atoms with Crippen molar-refractivity contribution in [2.45, 2.75) is 113 Å². The molecule has 2 aromatic rings. The first kappa shape index (κ1) is 36.7. The molecular weight excluding hydrogens is 618 g/mol. The third kappa shape index (κ3) is 9.18. The van der Waals surface area contributed by atoms with Gasteiger partial charge in [0.15, 0.2) is 6.61 Å². The quantitative estimate of drug-likeness (QED) is 0.251. The van der Waals surface area contributed by atoms with E-state index in [-0.39, 0.29) is 12.4 Å². The van der Waals surface area contributed by atoms with Gasteiger partial charge in [-0.15, -0.1) is 0 Å². The number of sulfonamides is 2. The molecule has 4 atom stereocenters. The zero-order chi connectivity index (χ0) is 33.5. The molecule has 0 aromatic heterocycles. The van der Waals surface area contributed by atoms with Crippen LogP contribution in [-0.2, 0) is 31.2 Å². The molecule has 2 saturated carbocycles. The Kier molecular flexibility index (Phi) is 12.4. The fourth-order valence-electron chi connectivity index (χ4n) is 5.69. The van der Waals surface area contributed by atoms with Gasteiger partial charge in [0, 0.05) is 0 Å². The van der Waals surface area contributed by atoms with Crippen LogP contribution in [0.15, 0.2) is 48.5 Å². The normalized spacial score (nSPS) is 25.7. The van der Waals surface area contributed by atoms with Gasteiger partial charge in [-0.05, 0) is 88.8 Å². The summed E-state index contributed by atoms with van der Waals surface area (Å²) in [5, 5.41) is 39.0. The van der Waals surface area contributed by atoms with Gasteiger partial charge in [-0.3, -0.25) is 0 Å². The molecule has 0 heterocycles. The Labute approximate surface area is 267 Å². The molecule has 2 fully saturated rings. The molecule has 250 valence electrons. The van der Waals surface area contributed by atoms with Crippen molar-refractivity contribution >= 4 is 20.0 Å². The van der Waals surface area contributed by atoms with E-state index in [2.05, 4.69) is 9.44 Å². The van der Waals surface area contributed by atoms with Gasteiger partial charge < -0.3 is 20.1 Å². The van der Waals surface area contributed by atoms with Crippen LogP contribution < -0.4 is 14.2 Å². The zero-order valence-electron chi connectivity index (χ0n) is 26.4. The molecule has 0 bridgehead atoms. The minimum absolute atomic E-state index is 0.0412. The minimum Gasteiger partial charge on any atom is -0.508 e. The highest BCUT2D eigenvalue weighted by Gasteiger charge is 2.44. The zero-order valence-corrected chi connectivity index (χ0v) is 28.1. The summed E-state index contributed by atoms with van der Waals surface area (Å²) in [6.07, 6.45) is 5.63. The van der Waals surface area contributed by atoms with Crippen LogP contribution in [0, 0.1) is 11.3 Å². The molecule has 0 radical (unpaired) electrons. The van der Waals surface area contributed by atoms with Crippen LogP contribution in [0.5, 0.6) is 11.5 Å². The molecule has 13 heteroatoms. The van der Waals surface area contributed by atoms with Crippen LogP contribution in [0.25, 0.3) is 0 Å². The van der Waals surface area contributed by atoms with Crippen molar-refractivity contribution in [3.63, 3.8) is 0 Å². The predicted molar refractivity (Wildman–Crippen MR) is 172 cm³/mol. The van der Waals surface area contributed by atoms with Crippen LogP contribution in [0.4, 0.5) is 0 Å². The summed E-state index contributed by atoms with van der Waals surface area (Å²) in [4.78, 5) is 0. The average molecular weight is 666 g/mol. The lowest BCUT2D eigenvalue weighted by Gasteiger charge is -2.41. The van der Waals surface area contributed by atoms with E-state index in [0.717, 1.165) is 25.7 Å². The van der Waals surface area contributed by atoms with Crippen molar-refractivity contribution in [2.75, 3.05) is 6.61 Å². The van der Waals surface area contributed by atoms with Gasteiger partial charge >= 0.3 is 0 Å².